The minimum atomic E-state index is 0.916. The van der Waals surface area contributed by atoms with Gasteiger partial charge in [0.15, 0.2) is 0 Å². The molecule has 0 saturated heterocycles. The van der Waals surface area contributed by atoms with E-state index in [0.717, 1.165) is 37.5 Å². The highest BCUT2D eigenvalue weighted by molar-refractivity contribution is 5.52. The summed E-state index contributed by atoms with van der Waals surface area (Å²) in [4.78, 5) is 2.46. The Labute approximate surface area is 126 Å². The van der Waals surface area contributed by atoms with Crippen LogP contribution in [0.25, 0.3) is 0 Å². The fourth-order valence-corrected chi connectivity index (χ4v) is 3.10. The normalized spacial score (nSPS) is 14.8. The first-order valence-corrected chi connectivity index (χ1v) is 7.39. The summed E-state index contributed by atoms with van der Waals surface area (Å²) in [5, 5.41) is 0. The number of rotatable bonds is 3. The molecule has 0 unspecified atom stereocenters. The largest absolute Gasteiger partial charge is 0.496 e. The van der Waals surface area contributed by atoms with E-state index in [1.165, 1.54) is 22.3 Å². The molecule has 0 aromatic heterocycles. The van der Waals surface area contributed by atoms with E-state index in [4.69, 9.17) is 10.5 Å². The molecule has 21 heavy (non-hydrogen) atoms. The molecule has 3 heteroatoms. The van der Waals surface area contributed by atoms with Gasteiger partial charge in [-0.15, -0.1) is 0 Å². The number of benzene rings is 2. The van der Waals surface area contributed by atoms with Crippen LogP contribution in [0.5, 0.6) is 5.75 Å². The smallest absolute Gasteiger partial charge is 0.123 e. The van der Waals surface area contributed by atoms with Crippen molar-refractivity contribution in [3.05, 3.63) is 58.7 Å². The van der Waals surface area contributed by atoms with Gasteiger partial charge in [0.05, 0.1) is 7.11 Å². The standard InChI is InChI=1S/C18H22N2O/c1-13-6-7-18(21-2)15(10-13)12-20-9-8-16-14(11-20)4-3-5-17(16)19/h3-7,10H,8-9,11-12,19H2,1-2H3. The summed E-state index contributed by atoms with van der Waals surface area (Å²) in [6.45, 7) is 5.03. The van der Waals surface area contributed by atoms with E-state index in [0.29, 0.717) is 0 Å². The molecule has 2 aromatic carbocycles. The summed E-state index contributed by atoms with van der Waals surface area (Å²) >= 11 is 0. The van der Waals surface area contributed by atoms with Crippen molar-refractivity contribution in [2.75, 3.05) is 19.4 Å². The first-order valence-electron chi connectivity index (χ1n) is 7.39. The number of hydrogen-bond acceptors (Lipinski definition) is 3. The second kappa shape index (κ2) is 5.78. The highest BCUT2D eigenvalue weighted by atomic mass is 16.5. The van der Waals surface area contributed by atoms with Gasteiger partial charge in [-0.2, -0.15) is 0 Å². The van der Waals surface area contributed by atoms with Gasteiger partial charge in [0.1, 0.15) is 5.75 Å². The molecule has 2 aromatic rings. The van der Waals surface area contributed by atoms with E-state index in [1.807, 2.05) is 12.1 Å². The van der Waals surface area contributed by atoms with Crippen LogP contribution >= 0.6 is 0 Å². The number of methoxy groups -OCH3 is 1. The maximum absolute atomic E-state index is 6.07. The van der Waals surface area contributed by atoms with Crippen molar-refractivity contribution in [3.63, 3.8) is 0 Å². The Morgan fingerprint density at radius 3 is 2.90 bits per heavy atom. The number of ether oxygens (including phenoxy) is 1. The first-order chi connectivity index (χ1) is 10.2. The minimum absolute atomic E-state index is 0.916. The third-order valence-corrected chi connectivity index (χ3v) is 4.21. The minimum Gasteiger partial charge on any atom is -0.496 e. The molecule has 0 atom stereocenters. The van der Waals surface area contributed by atoms with Crippen LogP contribution < -0.4 is 10.5 Å². The van der Waals surface area contributed by atoms with Crippen molar-refractivity contribution >= 4 is 5.69 Å². The van der Waals surface area contributed by atoms with Gasteiger partial charge in [-0.3, -0.25) is 4.90 Å². The third kappa shape index (κ3) is 2.88. The molecule has 0 amide bonds. The van der Waals surface area contributed by atoms with Gasteiger partial charge in [0.25, 0.3) is 0 Å². The van der Waals surface area contributed by atoms with E-state index in [2.05, 4.69) is 36.1 Å². The van der Waals surface area contributed by atoms with Crippen molar-refractivity contribution in [1.29, 1.82) is 0 Å². The molecule has 110 valence electrons. The van der Waals surface area contributed by atoms with E-state index in [1.54, 1.807) is 7.11 Å². The molecule has 1 aliphatic rings. The lowest BCUT2D eigenvalue weighted by atomic mass is 9.97. The maximum atomic E-state index is 6.07. The molecule has 0 bridgehead atoms. The van der Waals surface area contributed by atoms with Crippen molar-refractivity contribution in [3.8, 4) is 5.75 Å². The molecule has 1 aliphatic heterocycles. The van der Waals surface area contributed by atoms with Crippen LogP contribution in [0.1, 0.15) is 22.3 Å². The summed E-state index contributed by atoms with van der Waals surface area (Å²) in [5.41, 5.74) is 12.2. The van der Waals surface area contributed by atoms with Gasteiger partial charge in [-0.05, 0) is 36.6 Å². The zero-order valence-corrected chi connectivity index (χ0v) is 12.7. The van der Waals surface area contributed by atoms with E-state index >= 15 is 0 Å². The lowest BCUT2D eigenvalue weighted by Gasteiger charge is -2.30. The molecule has 0 aliphatic carbocycles. The average molecular weight is 282 g/mol. The summed E-state index contributed by atoms with van der Waals surface area (Å²) in [6.07, 6.45) is 1.02. The quantitative estimate of drug-likeness (QED) is 0.879. The molecule has 2 N–H and O–H groups in total. The van der Waals surface area contributed by atoms with Crippen LogP contribution in [0.2, 0.25) is 0 Å². The lowest BCUT2D eigenvalue weighted by Crippen LogP contribution is -2.30. The van der Waals surface area contributed by atoms with Crippen LogP contribution in [0, 0.1) is 6.92 Å². The second-order valence-electron chi connectivity index (χ2n) is 5.76. The fraction of sp³-hybridized carbons (Fsp3) is 0.333. The second-order valence-corrected chi connectivity index (χ2v) is 5.76. The van der Waals surface area contributed by atoms with Crippen LogP contribution in [-0.2, 0) is 19.5 Å². The molecular formula is C18H22N2O. The van der Waals surface area contributed by atoms with Gasteiger partial charge in [-0.1, -0.05) is 29.8 Å². The number of nitrogen functional groups attached to an aromatic ring is 1. The molecule has 0 radical (unpaired) electrons. The van der Waals surface area contributed by atoms with Crippen LogP contribution in [-0.4, -0.2) is 18.6 Å². The number of fused-ring (bicyclic) bond motifs is 1. The SMILES string of the molecule is COc1ccc(C)cc1CN1CCc2c(N)cccc2C1. The number of hydrogen-bond donors (Lipinski definition) is 1. The molecule has 0 saturated carbocycles. The van der Waals surface area contributed by atoms with E-state index in [9.17, 15) is 0 Å². The van der Waals surface area contributed by atoms with Gasteiger partial charge < -0.3 is 10.5 Å². The van der Waals surface area contributed by atoms with Crippen LogP contribution in [0.3, 0.4) is 0 Å². The van der Waals surface area contributed by atoms with Gasteiger partial charge in [0.2, 0.25) is 0 Å². The fourth-order valence-electron chi connectivity index (χ4n) is 3.10. The Bertz CT molecular complexity index is 652. The van der Waals surface area contributed by atoms with E-state index < -0.39 is 0 Å². The van der Waals surface area contributed by atoms with Crippen molar-refractivity contribution in [1.82, 2.24) is 4.90 Å². The first kappa shape index (κ1) is 14.0. The molecule has 0 spiro atoms. The van der Waals surface area contributed by atoms with Crippen molar-refractivity contribution in [2.45, 2.75) is 26.4 Å². The predicted octanol–water partition coefficient (Wildman–Crippen LogP) is 3.14. The summed E-state index contributed by atoms with van der Waals surface area (Å²) in [7, 11) is 1.74. The van der Waals surface area contributed by atoms with Gasteiger partial charge in [-0.25, -0.2) is 0 Å². The van der Waals surface area contributed by atoms with Crippen molar-refractivity contribution < 1.29 is 4.74 Å². The Kier molecular flexibility index (Phi) is 3.84. The van der Waals surface area contributed by atoms with Gasteiger partial charge in [0, 0.05) is 30.9 Å². The summed E-state index contributed by atoms with van der Waals surface area (Å²) in [6, 6.07) is 12.6. The Balaban J connectivity index is 1.80. The zero-order valence-electron chi connectivity index (χ0n) is 12.7. The van der Waals surface area contributed by atoms with E-state index in [-0.39, 0.29) is 0 Å². The number of anilines is 1. The summed E-state index contributed by atoms with van der Waals surface area (Å²) in [5.74, 6) is 0.971. The molecule has 3 nitrogen and oxygen atoms in total. The Hall–Kier alpha value is -2.00. The highest BCUT2D eigenvalue weighted by Crippen LogP contribution is 2.27. The number of aryl methyl sites for hydroxylation is 1. The predicted molar refractivity (Wildman–Crippen MR) is 86.4 cm³/mol. The van der Waals surface area contributed by atoms with Crippen LogP contribution in [0.15, 0.2) is 36.4 Å². The van der Waals surface area contributed by atoms with Crippen molar-refractivity contribution in [2.24, 2.45) is 0 Å². The third-order valence-electron chi connectivity index (χ3n) is 4.21. The maximum Gasteiger partial charge on any atom is 0.123 e. The Morgan fingerprint density at radius 2 is 2.10 bits per heavy atom. The van der Waals surface area contributed by atoms with Gasteiger partial charge >= 0.3 is 0 Å². The molecule has 3 rings (SSSR count). The molecule has 0 fully saturated rings. The lowest BCUT2D eigenvalue weighted by molar-refractivity contribution is 0.242. The molecular weight excluding hydrogens is 260 g/mol. The van der Waals surface area contributed by atoms with Crippen LogP contribution in [0.4, 0.5) is 5.69 Å². The number of nitrogens with two attached hydrogens (primary N) is 1. The Morgan fingerprint density at radius 1 is 1.24 bits per heavy atom. The zero-order chi connectivity index (χ0) is 14.8. The number of nitrogens with zero attached hydrogens (tertiary/aromatic N) is 1. The topological polar surface area (TPSA) is 38.5 Å². The molecule has 1 heterocycles. The highest BCUT2D eigenvalue weighted by Gasteiger charge is 2.19. The summed E-state index contributed by atoms with van der Waals surface area (Å²) < 4.78 is 5.48. The average Bonchev–Trinajstić information content (AvgIpc) is 2.48. The monoisotopic (exact) mass is 282 g/mol.